The van der Waals surface area contributed by atoms with Crippen molar-refractivity contribution in [2.24, 2.45) is 0 Å². The second kappa shape index (κ2) is 7.25. The molecule has 0 bridgehead atoms. The van der Waals surface area contributed by atoms with E-state index in [0.717, 1.165) is 27.8 Å². The van der Waals surface area contributed by atoms with E-state index >= 15 is 0 Å². The number of benzene rings is 1. The van der Waals surface area contributed by atoms with Crippen LogP contribution >= 0.6 is 11.8 Å². The molecule has 0 spiro atoms. The second-order valence-electron chi connectivity index (χ2n) is 5.31. The van der Waals surface area contributed by atoms with Gasteiger partial charge in [0, 0.05) is 12.7 Å². The molecule has 0 aliphatic heterocycles. The third-order valence-corrected chi connectivity index (χ3v) is 4.65. The quantitative estimate of drug-likeness (QED) is 0.877. The molecule has 1 aromatic carbocycles. The van der Waals surface area contributed by atoms with Gasteiger partial charge in [0.2, 0.25) is 0 Å². The molecule has 0 fully saturated rings. The summed E-state index contributed by atoms with van der Waals surface area (Å²) in [6.07, 6.45) is -1.35. The smallest absolute Gasteiger partial charge is 0.185 e. The highest BCUT2D eigenvalue weighted by molar-refractivity contribution is 8.13. The van der Waals surface area contributed by atoms with Gasteiger partial charge in [0.25, 0.3) is 0 Å². The van der Waals surface area contributed by atoms with Crippen molar-refractivity contribution >= 4 is 16.9 Å². The normalized spacial score (nSPS) is 14.2. The van der Waals surface area contributed by atoms with Gasteiger partial charge in [-0.15, -0.1) is 0 Å². The summed E-state index contributed by atoms with van der Waals surface area (Å²) in [5.41, 5.74) is 5.11. The lowest BCUT2D eigenvalue weighted by Crippen LogP contribution is -2.21. The molecule has 0 heterocycles. The average molecular weight is 296 g/mol. The number of carbonyl (C=O) groups excluding carboxylic acids is 1. The van der Waals surface area contributed by atoms with Crippen LogP contribution in [0.1, 0.15) is 47.3 Å². The van der Waals surface area contributed by atoms with E-state index in [9.17, 15) is 15.0 Å². The minimum Gasteiger partial charge on any atom is -0.390 e. The first-order chi connectivity index (χ1) is 9.25. The minimum atomic E-state index is -0.902. The number of hydrogen-bond acceptors (Lipinski definition) is 4. The van der Waals surface area contributed by atoms with E-state index in [1.165, 1.54) is 18.7 Å². The Morgan fingerprint density at radius 3 is 2.10 bits per heavy atom. The van der Waals surface area contributed by atoms with Gasteiger partial charge >= 0.3 is 0 Å². The van der Waals surface area contributed by atoms with Crippen LogP contribution in [0, 0.1) is 27.7 Å². The van der Waals surface area contributed by atoms with Crippen LogP contribution in [0.15, 0.2) is 6.07 Å². The first-order valence-electron chi connectivity index (χ1n) is 6.82. The van der Waals surface area contributed by atoms with Gasteiger partial charge in [-0.2, -0.15) is 0 Å². The Kier molecular flexibility index (Phi) is 6.24. The predicted octanol–water partition coefficient (Wildman–Crippen LogP) is 2.98. The molecule has 20 heavy (non-hydrogen) atoms. The molecule has 3 nitrogen and oxygen atoms in total. The lowest BCUT2D eigenvalue weighted by Gasteiger charge is -2.24. The van der Waals surface area contributed by atoms with Crippen molar-refractivity contribution in [2.45, 2.75) is 53.2 Å². The average Bonchev–Trinajstić information content (AvgIpc) is 2.36. The SMILES string of the molecule is CC(=O)SCCC(O)C(O)c1c(C)c(C)cc(C)c1C. The fourth-order valence-electron chi connectivity index (χ4n) is 2.36. The fourth-order valence-corrected chi connectivity index (χ4v) is 3.01. The van der Waals surface area contributed by atoms with Gasteiger partial charge < -0.3 is 10.2 Å². The maximum absolute atomic E-state index is 10.9. The standard InChI is InChI=1S/C16H24O3S/c1-9-8-10(2)12(4)15(11(9)3)16(19)14(18)6-7-20-13(5)17/h8,14,16,18-19H,6-7H2,1-5H3. The molecule has 1 rings (SSSR count). The zero-order valence-corrected chi connectivity index (χ0v) is 13.7. The van der Waals surface area contributed by atoms with Crippen molar-refractivity contribution in [3.05, 3.63) is 33.9 Å². The van der Waals surface area contributed by atoms with Gasteiger partial charge in [0.15, 0.2) is 5.12 Å². The first kappa shape index (κ1) is 17.2. The summed E-state index contributed by atoms with van der Waals surface area (Å²) >= 11 is 1.18. The van der Waals surface area contributed by atoms with Crippen molar-refractivity contribution in [1.82, 2.24) is 0 Å². The summed E-state index contributed by atoms with van der Waals surface area (Å²) in [5, 5.41) is 20.6. The van der Waals surface area contributed by atoms with E-state index in [2.05, 4.69) is 6.07 Å². The van der Waals surface area contributed by atoms with Gasteiger partial charge in [-0.3, -0.25) is 4.79 Å². The summed E-state index contributed by atoms with van der Waals surface area (Å²) in [4.78, 5) is 10.9. The lowest BCUT2D eigenvalue weighted by atomic mass is 9.88. The molecule has 0 aliphatic rings. The molecule has 0 saturated heterocycles. The van der Waals surface area contributed by atoms with Crippen molar-refractivity contribution < 1.29 is 15.0 Å². The fraction of sp³-hybridized carbons (Fsp3) is 0.562. The van der Waals surface area contributed by atoms with Gasteiger partial charge in [-0.05, 0) is 61.9 Å². The molecule has 112 valence electrons. The number of hydrogen-bond donors (Lipinski definition) is 2. The highest BCUT2D eigenvalue weighted by Crippen LogP contribution is 2.30. The molecule has 0 saturated carbocycles. The molecule has 2 N–H and O–H groups in total. The van der Waals surface area contributed by atoms with Crippen LogP contribution in [0.4, 0.5) is 0 Å². The molecular formula is C16H24O3S. The Morgan fingerprint density at radius 1 is 1.15 bits per heavy atom. The molecule has 0 aliphatic carbocycles. The van der Waals surface area contributed by atoms with Crippen molar-refractivity contribution in [1.29, 1.82) is 0 Å². The number of aliphatic hydroxyl groups is 2. The largest absolute Gasteiger partial charge is 0.390 e. The number of aliphatic hydroxyl groups excluding tert-OH is 2. The van der Waals surface area contributed by atoms with Crippen LogP contribution in [0.25, 0.3) is 0 Å². The second-order valence-corrected chi connectivity index (χ2v) is 6.59. The maximum Gasteiger partial charge on any atom is 0.185 e. The van der Waals surface area contributed by atoms with Crippen LogP contribution in [0.3, 0.4) is 0 Å². The predicted molar refractivity (Wildman–Crippen MR) is 84.1 cm³/mol. The van der Waals surface area contributed by atoms with Crippen LogP contribution in [-0.4, -0.2) is 27.2 Å². The van der Waals surface area contributed by atoms with E-state index in [1.54, 1.807) is 0 Å². The lowest BCUT2D eigenvalue weighted by molar-refractivity contribution is -0.109. The summed E-state index contributed by atoms with van der Waals surface area (Å²) in [5.74, 6) is 0.524. The molecule has 4 heteroatoms. The van der Waals surface area contributed by atoms with E-state index < -0.39 is 12.2 Å². The third kappa shape index (κ3) is 4.08. The van der Waals surface area contributed by atoms with E-state index in [4.69, 9.17) is 0 Å². The van der Waals surface area contributed by atoms with E-state index in [0.29, 0.717) is 12.2 Å². The van der Waals surface area contributed by atoms with Crippen LogP contribution in [-0.2, 0) is 4.79 Å². The Balaban J connectivity index is 2.91. The highest BCUT2D eigenvalue weighted by atomic mass is 32.2. The molecule has 1 aromatic rings. The maximum atomic E-state index is 10.9. The van der Waals surface area contributed by atoms with Gasteiger partial charge in [-0.1, -0.05) is 17.8 Å². The van der Waals surface area contributed by atoms with Crippen molar-refractivity contribution in [3.8, 4) is 0 Å². The molecular weight excluding hydrogens is 272 g/mol. The highest BCUT2D eigenvalue weighted by Gasteiger charge is 2.23. The molecule has 0 amide bonds. The summed E-state index contributed by atoms with van der Waals surface area (Å²) < 4.78 is 0. The van der Waals surface area contributed by atoms with Gasteiger partial charge in [-0.25, -0.2) is 0 Å². The Bertz CT molecular complexity index is 471. The molecule has 2 atom stereocenters. The van der Waals surface area contributed by atoms with Gasteiger partial charge in [0.05, 0.1) is 6.10 Å². The zero-order chi connectivity index (χ0) is 15.4. The van der Waals surface area contributed by atoms with Crippen LogP contribution in [0.5, 0.6) is 0 Å². The zero-order valence-electron chi connectivity index (χ0n) is 12.9. The summed E-state index contributed by atoms with van der Waals surface area (Å²) in [6.45, 7) is 9.46. The Hall–Kier alpha value is -0.840. The van der Waals surface area contributed by atoms with E-state index in [-0.39, 0.29) is 5.12 Å². The van der Waals surface area contributed by atoms with Gasteiger partial charge in [0.1, 0.15) is 6.10 Å². The Morgan fingerprint density at radius 2 is 1.65 bits per heavy atom. The summed E-state index contributed by atoms with van der Waals surface area (Å²) in [7, 11) is 0. The van der Waals surface area contributed by atoms with E-state index in [1.807, 2.05) is 27.7 Å². The third-order valence-electron chi connectivity index (χ3n) is 3.80. The topological polar surface area (TPSA) is 57.5 Å². The van der Waals surface area contributed by atoms with Crippen molar-refractivity contribution in [2.75, 3.05) is 5.75 Å². The number of thioether (sulfide) groups is 1. The Labute approximate surface area is 125 Å². The molecule has 0 radical (unpaired) electrons. The van der Waals surface area contributed by atoms with Crippen molar-refractivity contribution in [3.63, 3.8) is 0 Å². The number of rotatable bonds is 5. The first-order valence-corrected chi connectivity index (χ1v) is 7.81. The molecule has 2 unspecified atom stereocenters. The minimum absolute atomic E-state index is 0.0328. The monoisotopic (exact) mass is 296 g/mol. The van der Waals surface area contributed by atoms with Crippen LogP contribution in [0.2, 0.25) is 0 Å². The summed E-state index contributed by atoms with van der Waals surface area (Å²) in [6, 6.07) is 2.10. The number of carbonyl (C=O) groups is 1. The molecule has 0 aromatic heterocycles. The number of aryl methyl sites for hydroxylation is 2. The van der Waals surface area contributed by atoms with Crippen LogP contribution < -0.4 is 0 Å².